The van der Waals surface area contributed by atoms with Crippen LogP contribution in [-0.2, 0) is 4.79 Å². The second-order valence-electron chi connectivity index (χ2n) is 2.81. The summed E-state index contributed by atoms with van der Waals surface area (Å²) in [7, 11) is 0. The van der Waals surface area contributed by atoms with Crippen molar-refractivity contribution in [3.05, 3.63) is 28.2 Å². The Labute approximate surface area is 102 Å². The highest BCUT2D eigenvalue weighted by molar-refractivity contribution is 9.10. The summed E-state index contributed by atoms with van der Waals surface area (Å²) in [4.78, 5) is 10.6. The van der Waals surface area contributed by atoms with Crippen LogP contribution in [0.25, 0.3) is 0 Å². The van der Waals surface area contributed by atoms with Crippen LogP contribution in [0.15, 0.2) is 22.7 Å². The number of nitrogens with two attached hydrogens (primary N) is 1. The molecule has 0 aliphatic rings. The molecule has 0 fully saturated rings. The third kappa shape index (κ3) is 4.41. The summed E-state index contributed by atoms with van der Waals surface area (Å²) in [6.45, 7) is 1.53. The zero-order valence-electron chi connectivity index (χ0n) is 8.21. The topological polar surface area (TPSA) is 43.1 Å². The predicted molar refractivity (Wildman–Crippen MR) is 68.6 cm³/mol. The van der Waals surface area contributed by atoms with Gasteiger partial charge in [0.05, 0.1) is 5.75 Å². The van der Waals surface area contributed by atoms with Crippen molar-refractivity contribution >= 4 is 38.5 Å². The minimum Gasteiger partial charge on any atom is -0.398 e. The number of hydrogen-bond acceptors (Lipinski definition) is 3. The van der Waals surface area contributed by atoms with Gasteiger partial charge in [0.25, 0.3) is 0 Å². The molecule has 4 heteroatoms. The highest BCUT2D eigenvalue weighted by Crippen LogP contribution is 2.17. The summed E-state index contributed by atoms with van der Waals surface area (Å²) in [5.74, 6) is 6.32. The number of hydrogen-bond donors (Lipinski definition) is 1. The summed E-state index contributed by atoms with van der Waals surface area (Å²) in [6, 6.07) is 5.55. The Hall–Kier alpha value is -0.920. The van der Waals surface area contributed by atoms with E-state index in [2.05, 4.69) is 27.8 Å². The Balaban J connectivity index is 2.67. The van der Waals surface area contributed by atoms with Gasteiger partial charge in [0, 0.05) is 22.6 Å². The van der Waals surface area contributed by atoms with E-state index in [0.717, 1.165) is 10.0 Å². The zero-order valence-corrected chi connectivity index (χ0v) is 10.6. The van der Waals surface area contributed by atoms with Gasteiger partial charge >= 0.3 is 0 Å². The lowest BCUT2D eigenvalue weighted by molar-refractivity contribution is -0.109. The van der Waals surface area contributed by atoms with E-state index in [1.54, 1.807) is 0 Å². The molecule has 0 unspecified atom stereocenters. The third-order valence-corrected chi connectivity index (χ3v) is 2.77. The van der Waals surface area contributed by atoms with Gasteiger partial charge in [-0.15, -0.1) is 0 Å². The van der Waals surface area contributed by atoms with E-state index in [0.29, 0.717) is 11.4 Å². The fourth-order valence-electron chi connectivity index (χ4n) is 0.916. The molecule has 2 N–H and O–H groups in total. The highest BCUT2D eigenvalue weighted by atomic mass is 79.9. The SMILES string of the molecule is CC(=O)SCC#Cc1ccc(Br)cc1N. The summed E-state index contributed by atoms with van der Waals surface area (Å²) in [6.07, 6.45) is 0. The maximum atomic E-state index is 10.6. The normalized spacial score (nSPS) is 9.20. The monoisotopic (exact) mass is 283 g/mol. The highest BCUT2D eigenvalue weighted by Gasteiger charge is 1.95. The van der Waals surface area contributed by atoms with E-state index in [1.165, 1.54) is 18.7 Å². The lowest BCUT2D eigenvalue weighted by Crippen LogP contribution is -1.90. The summed E-state index contributed by atoms with van der Waals surface area (Å²) >= 11 is 4.52. The molecule has 0 atom stereocenters. The van der Waals surface area contributed by atoms with Gasteiger partial charge in [-0.05, 0) is 18.2 Å². The Morgan fingerprint density at radius 3 is 2.93 bits per heavy atom. The average molecular weight is 284 g/mol. The number of benzene rings is 1. The molecule has 0 heterocycles. The smallest absolute Gasteiger partial charge is 0.186 e. The summed E-state index contributed by atoms with van der Waals surface area (Å²) in [5, 5.41) is 0.0769. The molecule has 0 aliphatic carbocycles. The molecule has 0 spiro atoms. The van der Waals surface area contributed by atoms with Crippen LogP contribution in [0.1, 0.15) is 12.5 Å². The van der Waals surface area contributed by atoms with Crippen LogP contribution in [0.4, 0.5) is 5.69 Å². The molecule has 2 nitrogen and oxygen atoms in total. The molecule has 1 aromatic rings. The van der Waals surface area contributed by atoms with Crippen molar-refractivity contribution in [2.45, 2.75) is 6.92 Å². The molecular weight excluding hydrogens is 274 g/mol. The molecule has 78 valence electrons. The predicted octanol–water partition coefficient (Wildman–Crippen LogP) is 2.66. The van der Waals surface area contributed by atoms with Gasteiger partial charge in [0.1, 0.15) is 0 Å². The van der Waals surface area contributed by atoms with Crippen molar-refractivity contribution < 1.29 is 4.79 Å². The Bertz CT molecular complexity index is 434. The van der Waals surface area contributed by atoms with E-state index in [-0.39, 0.29) is 5.12 Å². The molecule has 0 amide bonds. The average Bonchev–Trinajstić information content (AvgIpc) is 2.14. The van der Waals surface area contributed by atoms with Crippen LogP contribution in [0, 0.1) is 11.8 Å². The number of halogens is 1. The van der Waals surface area contributed by atoms with Crippen molar-refractivity contribution in [2.75, 3.05) is 11.5 Å². The molecule has 1 aromatic carbocycles. The Morgan fingerprint density at radius 2 is 2.33 bits per heavy atom. The van der Waals surface area contributed by atoms with Crippen LogP contribution in [0.2, 0.25) is 0 Å². The first-order valence-electron chi connectivity index (χ1n) is 4.27. The summed E-state index contributed by atoms with van der Waals surface area (Å²) < 4.78 is 0.934. The second kappa shape index (κ2) is 5.84. The maximum absolute atomic E-state index is 10.6. The van der Waals surface area contributed by atoms with Gasteiger partial charge in [-0.3, -0.25) is 4.79 Å². The quantitative estimate of drug-likeness (QED) is 0.637. The third-order valence-electron chi connectivity index (χ3n) is 1.58. The molecule has 0 radical (unpaired) electrons. The maximum Gasteiger partial charge on any atom is 0.186 e. The van der Waals surface area contributed by atoms with E-state index >= 15 is 0 Å². The van der Waals surface area contributed by atoms with Crippen LogP contribution >= 0.6 is 27.7 Å². The fraction of sp³-hybridized carbons (Fsp3) is 0.182. The van der Waals surface area contributed by atoms with Gasteiger partial charge in [-0.25, -0.2) is 0 Å². The zero-order chi connectivity index (χ0) is 11.3. The van der Waals surface area contributed by atoms with Crippen LogP contribution < -0.4 is 5.73 Å². The molecule has 0 saturated carbocycles. The first kappa shape index (κ1) is 12.2. The standard InChI is InChI=1S/C11H10BrNOS/c1-8(14)15-6-2-3-9-4-5-10(12)7-11(9)13/h4-5,7H,6,13H2,1H3. The molecule has 15 heavy (non-hydrogen) atoms. The summed E-state index contributed by atoms with van der Waals surface area (Å²) in [5.41, 5.74) is 7.19. The van der Waals surface area contributed by atoms with Crippen LogP contribution in [0.5, 0.6) is 0 Å². The van der Waals surface area contributed by atoms with E-state index in [4.69, 9.17) is 5.73 Å². The van der Waals surface area contributed by atoms with E-state index in [9.17, 15) is 4.79 Å². The van der Waals surface area contributed by atoms with E-state index < -0.39 is 0 Å². The molecule has 0 bridgehead atoms. The van der Waals surface area contributed by atoms with Crippen molar-refractivity contribution in [1.29, 1.82) is 0 Å². The second-order valence-corrected chi connectivity index (χ2v) is 4.88. The number of thioether (sulfide) groups is 1. The van der Waals surface area contributed by atoms with Crippen molar-refractivity contribution in [3.63, 3.8) is 0 Å². The Kier molecular flexibility index (Phi) is 4.73. The number of carbonyl (C=O) groups is 1. The van der Waals surface area contributed by atoms with Gasteiger partial charge < -0.3 is 5.73 Å². The lowest BCUT2D eigenvalue weighted by atomic mass is 10.2. The minimum atomic E-state index is 0.0769. The largest absolute Gasteiger partial charge is 0.398 e. The fourth-order valence-corrected chi connectivity index (χ4v) is 1.64. The number of anilines is 1. The van der Waals surface area contributed by atoms with Gasteiger partial charge in [0.15, 0.2) is 5.12 Å². The molecule has 0 saturated heterocycles. The van der Waals surface area contributed by atoms with E-state index in [1.807, 2.05) is 18.2 Å². The number of nitrogen functional groups attached to an aromatic ring is 1. The Morgan fingerprint density at radius 1 is 1.60 bits per heavy atom. The molecule has 0 aromatic heterocycles. The minimum absolute atomic E-state index is 0.0769. The first-order chi connectivity index (χ1) is 7.09. The van der Waals surface area contributed by atoms with Gasteiger partial charge in [-0.2, -0.15) is 0 Å². The molecular formula is C11H10BrNOS. The van der Waals surface area contributed by atoms with Crippen LogP contribution in [0.3, 0.4) is 0 Å². The van der Waals surface area contributed by atoms with Crippen LogP contribution in [-0.4, -0.2) is 10.9 Å². The van der Waals surface area contributed by atoms with Crippen molar-refractivity contribution in [3.8, 4) is 11.8 Å². The molecule has 0 aliphatic heterocycles. The van der Waals surface area contributed by atoms with Crippen molar-refractivity contribution in [2.24, 2.45) is 0 Å². The van der Waals surface area contributed by atoms with Gasteiger partial charge in [0.2, 0.25) is 0 Å². The number of rotatable bonds is 1. The molecule has 1 rings (SSSR count). The number of carbonyl (C=O) groups excluding carboxylic acids is 1. The van der Waals surface area contributed by atoms with Crippen molar-refractivity contribution in [1.82, 2.24) is 0 Å². The van der Waals surface area contributed by atoms with Gasteiger partial charge in [-0.1, -0.05) is 39.5 Å². The lowest BCUT2D eigenvalue weighted by Gasteiger charge is -1.97. The first-order valence-corrected chi connectivity index (χ1v) is 6.04.